The van der Waals surface area contributed by atoms with E-state index < -0.39 is 5.97 Å². The maximum Gasteiger partial charge on any atom is 0.354 e. The van der Waals surface area contributed by atoms with E-state index in [0.717, 1.165) is 11.6 Å². The number of benzene rings is 1. The quantitative estimate of drug-likeness (QED) is 0.846. The van der Waals surface area contributed by atoms with Gasteiger partial charge in [-0.2, -0.15) is 0 Å². The molecule has 1 saturated carbocycles. The van der Waals surface area contributed by atoms with Crippen LogP contribution in [0.25, 0.3) is 0 Å². The third-order valence-corrected chi connectivity index (χ3v) is 4.41. The monoisotopic (exact) mass is 324 g/mol. The van der Waals surface area contributed by atoms with E-state index in [9.17, 15) is 4.79 Å². The molecule has 126 valence electrons. The van der Waals surface area contributed by atoms with Crippen LogP contribution in [0.4, 0.5) is 5.69 Å². The standard InChI is InChI=1S/C20H24N2O2/c1-20(2,3)16-9-13(8-15(10-16)14-4-5-14)11-21-17-6-7-18(19(23)24)22-12-17/h6-10,12,14,21H,4-5,11H2,1-3H3,(H,23,24). The van der Waals surface area contributed by atoms with Crippen LogP contribution in [-0.4, -0.2) is 16.1 Å². The number of hydrogen-bond donors (Lipinski definition) is 2. The molecule has 3 rings (SSSR count). The minimum absolute atomic E-state index is 0.0614. The topological polar surface area (TPSA) is 62.2 Å². The van der Waals surface area contributed by atoms with Crippen LogP contribution < -0.4 is 5.32 Å². The summed E-state index contributed by atoms with van der Waals surface area (Å²) in [5.41, 5.74) is 5.08. The molecule has 0 aliphatic heterocycles. The van der Waals surface area contributed by atoms with Crippen molar-refractivity contribution in [3.63, 3.8) is 0 Å². The van der Waals surface area contributed by atoms with Crippen molar-refractivity contribution in [1.29, 1.82) is 0 Å². The van der Waals surface area contributed by atoms with Crippen LogP contribution in [0.1, 0.15) is 66.7 Å². The Balaban J connectivity index is 1.76. The van der Waals surface area contributed by atoms with Gasteiger partial charge in [-0.05, 0) is 53.0 Å². The van der Waals surface area contributed by atoms with Gasteiger partial charge in [0.1, 0.15) is 5.69 Å². The highest BCUT2D eigenvalue weighted by Crippen LogP contribution is 2.41. The van der Waals surface area contributed by atoms with Gasteiger partial charge < -0.3 is 10.4 Å². The number of hydrogen-bond acceptors (Lipinski definition) is 3. The van der Waals surface area contributed by atoms with Crippen molar-refractivity contribution >= 4 is 11.7 Å². The van der Waals surface area contributed by atoms with Crippen molar-refractivity contribution in [1.82, 2.24) is 4.98 Å². The summed E-state index contributed by atoms with van der Waals surface area (Å²) < 4.78 is 0. The lowest BCUT2D eigenvalue weighted by atomic mass is 9.84. The Kier molecular flexibility index (Phi) is 4.31. The Morgan fingerprint density at radius 1 is 1.25 bits per heavy atom. The molecule has 0 radical (unpaired) electrons. The maximum atomic E-state index is 10.8. The number of aromatic nitrogens is 1. The molecule has 1 heterocycles. The Hall–Kier alpha value is -2.36. The van der Waals surface area contributed by atoms with Gasteiger partial charge in [-0.25, -0.2) is 9.78 Å². The summed E-state index contributed by atoms with van der Waals surface area (Å²) >= 11 is 0. The molecule has 0 spiro atoms. The molecule has 4 heteroatoms. The fraction of sp³-hybridized carbons (Fsp3) is 0.400. The number of anilines is 1. The van der Waals surface area contributed by atoms with Gasteiger partial charge in [0.2, 0.25) is 0 Å². The van der Waals surface area contributed by atoms with E-state index in [1.165, 1.54) is 35.6 Å². The second-order valence-corrected chi connectivity index (χ2v) is 7.58. The largest absolute Gasteiger partial charge is 0.477 e. The molecule has 0 amide bonds. The summed E-state index contributed by atoms with van der Waals surface area (Å²) in [5, 5.41) is 12.2. The molecule has 1 aliphatic carbocycles. The molecule has 0 unspecified atom stereocenters. The lowest BCUT2D eigenvalue weighted by Gasteiger charge is -2.21. The molecular formula is C20H24N2O2. The average molecular weight is 324 g/mol. The van der Waals surface area contributed by atoms with Crippen LogP contribution in [0.5, 0.6) is 0 Å². The average Bonchev–Trinajstić information content (AvgIpc) is 3.37. The van der Waals surface area contributed by atoms with Crippen LogP contribution in [0, 0.1) is 0 Å². The van der Waals surface area contributed by atoms with Gasteiger partial charge in [0.25, 0.3) is 0 Å². The van der Waals surface area contributed by atoms with Crippen LogP contribution in [-0.2, 0) is 12.0 Å². The van der Waals surface area contributed by atoms with Crippen molar-refractivity contribution in [2.45, 2.75) is 51.5 Å². The first kappa shape index (κ1) is 16.5. The highest BCUT2D eigenvalue weighted by Gasteiger charge is 2.25. The predicted molar refractivity (Wildman–Crippen MR) is 95.6 cm³/mol. The first-order valence-corrected chi connectivity index (χ1v) is 8.40. The zero-order chi connectivity index (χ0) is 17.3. The molecule has 4 nitrogen and oxygen atoms in total. The third kappa shape index (κ3) is 3.94. The van der Waals surface area contributed by atoms with Crippen molar-refractivity contribution < 1.29 is 9.90 Å². The first-order chi connectivity index (χ1) is 11.3. The predicted octanol–water partition coefficient (Wildman–Crippen LogP) is 4.57. The Labute approximate surface area is 142 Å². The fourth-order valence-corrected chi connectivity index (χ4v) is 2.73. The van der Waals surface area contributed by atoms with Crippen molar-refractivity contribution in [3.05, 3.63) is 58.9 Å². The van der Waals surface area contributed by atoms with Crippen LogP contribution in [0.3, 0.4) is 0 Å². The Morgan fingerprint density at radius 2 is 2.00 bits per heavy atom. The minimum atomic E-state index is -1.01. The number of nitrogens with zero attached hydrogens (tertiary/aromatic N) is 1. The summed E-state index contributed by atoms with van der Waals surface area (Å²) in [6, 6.07) is 10.2. The molecule has 0 bridgehead atoms. The molecule has 0 atom stereocenters. The van der Waals surface area contributed by atoms with Crippen molar-refractivity contribution in [2.75, 3.05) is 5.32 Å². The molecule has 1 fully saturated rings. The number of pyridine rings is 1. The minimum Gasteiger partial charge on any atom is -0.477 e. The van der Waals surface area contributed by atoms with Crippen LogP contribution >= 0.6 is 0 Å². The van der Waals surface area contributed by atoms with E-state index in [1.807, 2.05) is 0 Å². The Morgan fingerprint density at radius 3 is 2.54 bits per heavy atom. The molecule has 1 aliphatic rings. The fourth-order valence-electron chi connectivity index (χ4n) is 2.73. The molecule has 1 aromatic heterocycles. The summed E-state index contributed by atoms with van der Waals surface area (Å²) in [5.74, 6) is -0.281. The van der Waals surface area contributed by atoms with Gasteiger partial charge in [0, 0.05) is 6.54 Å². The van der Waals surface area contributed by atoms with E-state index >= 15 is 0 Å². The zero-order valence-corrected chi connectivity index (χ0v) is 14.5. The number of carboxylic acids is 1. The second-order valence-electron chi connectivity index (χ2n) is 7.58. The van der Waals surface area contributed by atoms with Gasteiger partial charge in [-0.1, -0.05) is 39.0 Å². The Bertz CT molecular complexity index is 741. The summed E-state index contributed by atoms with van der Waals surface area (Å²) in [4.78, 5) is 14.8. The summed E-state index contributed by atoms with van der Waals surface area (Å²) in [6.07, 6.45) is 4.15. The van der Waals surface area contributed by atoms with Gasteiger partial charge >= 0.3 is 5.97 Å². The molecule has 1 aromatic carbocycles. The van der Waals surface area contributed by atoms with Gasteiger partial charge in [0.15, 0.2) is 0 Å². The number of carboxylic acid groups (broad SMARTS) is 1. The van der Waals surface area contributed by atoms with Crippen molar-refractivity contribution in [3.8, 4) is 0 Å². The highest BCUT2D eigenvalue weighted by molar-refractivity contribution is 5.85. The molecular weight excluding hydrogens is 300 g/mol. The zero-order valence-electron chi connectivity index (χ0n) is 14.5. The van der Waals surface area contributed by atoms with Gasteiger partial charge in [-0.15, -0.1) is 0 Å². The maximum absolute atomic E-state index is 10.8. The van der Waals surface area contributed by atoms with E-state index in [-0.39, 0.29) is 11.1 Å². The summed E-state index contributed by atoms with van der Waals surface area (Å²) in [7, 11) is 0. The van der Waals surface area contributed by atoms with Crippen LogP contribution in [0.15, 0.2) is 36.5 Å². The molecule has 2 N–H and O–H groups in total. The van der Waals surface area contributed by atoms with Crippen molar-refractivity contribution in [2.24, 2.45) is 0 Å². The molecule has 24 heavy (non-hydrogen) atoms. The lowest BCUT2D eigenvalue weighted by molar-refractivity contribution is 0.0690. The number of carbonyl (C=O) groups is 1. The number of rotatable bonds is 5. The second kappa shape index (κ2) is 6.27. The van der Waals surface area contributed by atoms with E-state index in [0.29, 0.717) is 6.54 Å². The summed E-state index contributed by atoms with van der Waals surface area (Å²) in [6.45, 7) is 7.43. The highest BCUT2D eigenvalue weighted by atomic mass is 16.4. The number of aromatic carboxylic acids is 1. The van der Waals surface area contributed by atoms with Crippen LogP contribution in [0.2, 0.25) is 0 Å². The normalized spacial score (nSPS) is 14.5. The molecule has 2 aromatic rings. The molecule has 0 saturated heterocycles. The SMILES string of the molecule is CC(C)(C)c1cc(CNc2ccc(C(=O)O)nc2)cc(C2CC2)c1. The number of nitrogens with one attached hydrogen (secondary N) is 1. The van der Waals surface area contributed by atoms with E-state index in [1.54, 1.807) is 12.3 Å². The first-order valence-electron chi connectivity index (χ1n) is 8.40. The van der Waals surface area contributed by atoms with Gasteiger partial charge in [-0.3, -0.25) is 0 Å². The lowest BCUT2D eigenvalue weighted by Crippen LogP contribution is -2.13. The van der Waals surface area contributed by atoms with Gasteiger partial charge in [0.05, 0.1) is 11.9 Å². The smallest absolute Gasteiger partial charge is 0.354 e. The van der Waals surface area contributed by atoms with E-state index in [2.05, 4.69) is 49.3 Å². The third-order valence-electron chi connectivity index (χ3n) is 4.41. The van der Waals surface area contributed by atoms with E-state index in [4.69, 9.17) is 5.11 Å².